The van der Waals surface area contributed by atoms with E-state index in [0.29, 0.717) is 5.75 Å². The number of para-hydroxylation sites is 1. The van der Waals surface area contributed by atoms with Gasteiger partial charge in [0.15, 0.2) is 0 Å². The highest BCUT2D eigenvalue weighted by atomic mass is 16.6. The maximum atomic E-state index is 8.87. The standard InChI is InChI=1S/C15H17BO3/c17-16(18)19-15-12-5-4-10-14(15)11-6-9-13-7-2-1-3-8-13/h1-5,7-8,10,12,17-18H,6,9,11H2. The molecule has 0 fully saturated rings. The van der Waals surface area contributed by atoms with Crippen LogP contribution in [0.15, 0.2) is 54.6 Å². The Morgan fingerprint density at radius 1 is 0.842 bits per heavy atom. The fourth-order valence-electron chi connectivity index (χ4n) is 2.07. The number of rotatable bonds is 6. The van der Waals surface area contributed by atoms with Gasteiger partial charge in [-0.3, -0.25) is 0 Å². The molecule has 19 heavy (non-hydrogen) atoms. The van der Waals surface area contributed by atoms with E-state index in [1.165, 1.54) is 5.56 Å². The van der Waals surface area contributed by atoms with Crippen molar-refractivity contribution in [2.24, 2.45) is 0 Å². The minimum absolute atomic E-state index is 0.533. The molecule has 0 aliphatic carbocycles. The van der Waals surface area contributed by atoms with Crippen molar-refractivity contribution in [2.45, 2.75) is 19.3 Å². The number of hydrogen-bond donors (Lipinski definition) is 2. The third-order valence-corrected chi connectivity index (χ3v) is 2.96. The highest BCUT2D eigenvalue weighted by Gasteiger charge is 2.13. The summed E-state index contributed by atoms with van der Waals surface area (Å²) < 4.78 is 4.96. The summed E-state index contributed by atoms with van der Waals surface area (Å²) in [7, 11) is -1.77. The smallest absolute Gasteiger partial charge is 0.512 e. The van der Waals surface area contributed by atoms with E-state index in [1.54, 1.807) is 6.07 Å². The van der Waals surface area contributed by atoms with E-state index in [2.05, 4.69) is 12.1 Å². The largest absolute Gasteiger partial charge is 0.707 e. The number of aryl methyl sites for hydroxylation is 2. The lowest BCUT2D eigenvalue weighted by Crippen LogP contribution is -2.21. The molecule has 98 valence electrons. The molecule has 0 aliphatic heterocycles. The van der Waals surface area contributed by atoms with Gasteiger partial charge in [0.1, 0.15) is 5.75 Å². The summed E-state index contributed by atoms with van der Waals surface area (Å²) >= 11 is 0. The fraction of sp³-hybridized carbons (Fsp3) is 0.200. The first-order chi connectivity index (χ1) is 9.25. The Hall–Kier alpha value is -1.78. The lowest BCUT2D eigenvalue weighted by molar-refractivity contribution is 0.287. The molecule has 0 saturated heterocycles. The zero-order chi connectivity index (χ0) is 13.5. The van der Waals surface area contributed by atoms with Gasteiger partial charge in [0.05, 0.1) is 0 Å². The lowest BCUT2D eigenvalue weighted by atomic mass is 10.0. The topological polar surface area (TPSA) is 49.7 Å². The molecule has 2 aromatic carbocycles. The van der Waals surface area contributed by atoms with Gasteiger partial charge in [-0.25, -0.2) is 0 Å². The molecular weight excluding hydrogens is 239 g/mol. The Kier molecular flexibility index (Phi) is 5.01. The summed E-state index contributed by atoms with van der Waals surface area (Å²) in [5, 5.41) is 17.7. The molecule has 0 aromatic heterocycles. The van der Waals surface area contributed by atoms with E-state index < -0.39 is 7.32 Å². The van der Waals surface area contributed by atoms with Gasteiger partial charge in [0, 0.05) is 0 Å². The molecule has 0 heterocycles. The van der Waals surface area contributed by atoms with Crippen LogP contribution < -0.4 is 4.65 Å². The van der Waals surface area contributed by atoms with Crippen LogP contribution in [0.2, 0.25) is 0 Å². The SMILES string of the molecule is OB(O)Oc1ccccc1CCCc1ccccc1. The van der Waals surface area contributed by atoms with Gasteiger partial charge in [0.2, 0.25) is 0 Å². The average Bonchev–Trinajstić information content (AvgIpc) is 2.41. The summed E-state index contributed by atoms with van der Waals surface area (Å²) in [4.78, 5) is 0. The Bertz CT molecular complexity index is 500. The summed E-state index contributed by atoms with van der Waals surface area (Å²) in [5.41, 5.74) is 2.30. The minimum Gasteiger partial charge on any atom is -0.512 e. The number of hydrogen-bond acceptors (Lipinski definition) is 3. The maximum Gasteiger partial charge on any atom is 0.707 e. The highest BCUT2D eigenvalue weighted by molar-refractivity contribution is 6.33. The van der Waals surface area contributed by atoms with Crippen LogP contribution in [0.4, 0.5) is 0 Å². The van der Waals surface area contributed by atoms with Crippen molar-refractivity contribution in [1.29, 1.82) is 0 Å². The molecule has 0 unspecified atom stereocenters. The Labute approximate surface area is 113 Å². The van der Waals surface area contributed by atoms with Gasteiger partial charge in [-0.2, -0.15) is 0 Å². The van der Waals surface area contributed by atoms with Crippen LogP contribution in [-0.2, 0) is 12.8 Å². The van der Waals surface area contributed by atoms with Crippen LogP contribution >= 0.6 is 0 Å². The van der Waals surface area contributed by atoms with E-state index in [-0.39, 0.29) is 0 Å². The molecule has 0 spiro atoms. The van der Waals surface area contributed by atoms with Crippen molar-refractivity contribution in [3.63, 3.8) is 0 Å². The summed E-state index contributed by atoms with van der Waals surface area (Å²) in [6.07, 6.45) is 2.83. The van der Waals surface area contributed by atoms with Crippen molar-refractivity contribution in [3.05, 3.63) is 65.7 Å². The molecule has 0 bridgehead atoms. The van der Waals surface area contributed by atoms with Crippen LogP contribution in [-0.4, -0.2) is 17.4 Å². The van der Waals surface area contributed by atoms with Crippen LogP contribution in [0.25, 0.3) is 0 Å². The Balaban J connectivity index is 1.92. The van der Waals surface area contributed by atoms with Gasteiger partial charge in [0.25, 0.3) is 0 Å². The van der Waals surface area contributed by atoms with Gasteiger partial charge in [-0.05, 0) is 36.5 Å². The van der Waals surface area contributed by atoms with Crippen molar-refractivity contribution in [1.82, 2.24) is 0 Å². The molecule has 2 aromatic rings. The Morgan fingerprint density at radius 3 is 2.26 bits per heavy atom. The van der Waals surface area contributed by atoms with E-state index in [9.17, 15) is 0 Å². The van der Waals surface area contributed by atoms with E-state index in [1.807, 2.05) is 36.4 Å². The van der Waals surface area contributed by atoms with Crippen molar-refractivity contribution < 1.29 is 14.7 Å². The van der Waals surface area contributed by atoms with Crippen LogP contribution in [0, 0.1) is 0 Å². The molecule has 4 heteroatoms. The Morgan fingerprint density at radius 2 is 1.53 bits per heavy atom. The summed E-state index contributed by atoms with van der Waals surface area (Å²) in [5.74, 6) is 0.533. The molecule has 0 saturated carbocycles. The molecule has 3 nitrogen and oxygen atoms in total. The van der Waals surface area contributed by atoms with Gasteiger partial charge >= 0.3 is 7.32 Å². The average molecular weight is 256 g/mol. The van der Waals surface area contributed by atoms with Crippen molar-refractivity contribution in [3.8, 4) is 5.75 Å². The van der Waals surface area contributed by atoms with Crippen LogP contribution in [0.5, 0.6) is 5.75 Å². The molecule has 2 N–H and O–H groups in total. The van der Waals surface area contributed by atoms with E-state index in [4.69, 9.17) is 14.7 Å². The zero-order valence-corrected chi connectivity index (χ0v) is 10.7. The predicted molar refractivity (Wildman–Crippen MR) is 75.7 cm³/mol. The molecule has 2 rings (SSSR count). The zero-order valence-electron chi connectivity index (χ0n) is 10.7. The van der Waals surface area contributed by atoms with E-state index in [0.717, 1.165) is 24.8 Å². The molecule has 0 aliphatic rings. The first-order valence-electron chi connectivity index (χ1n) is 6.40. The van der Waals surface area contributed by atoms with Crippen LogP contribution in [0.1, 0.15) is 17.5 Å². The summed E-state index contributed by atoms with van der Waals surface area (Å²) in [6.45, 7) is 0. The second-order valence-corrected chi connectivity index (χ2v) is 4.39. The third-order valence-electron chi connectivity index (χ3n) is 2.96. The normalized spacial score (nSPS) is 10.2. The lowest BCUT2D eigenvalue weighted by Gasteiger charge is -2.10. The second-order valence-electron chi connectivity index (χ2n) is 4.39. The van der Waals surface area contributed by atoms with Gasteiger partial charge < -0.3 is 14.7 Å². The monoisotopic (exact) mass is 256 g/mol. The van der Waals surface area contributed by atoms with Crippen molar-refractivity contribution >= 4 is 7.32 Å². The first-order valence-corrected chi connectivity index (χ1v) is 6.40. The predicted octanol–water partition coefficient (Wildman–Crippen LogP) is 2.21. The van der Waals surface area contributed by atoms with Crippen LogP contribution in [0.3, 0.4) is 0 Å². The molecular formula is C15H17BO3. The van der Waals surface area contributed by atoms with E-state index >= 15 is 0 Å². The highest BCUT2D eigenvalue weighted by Crippen LogP contribution is 2.20. The minimum atomic E-state index is -1.77. The third kappa shape index (κ3) is 4.43. The first kappa shape index (κ1) is 13.7. The number of benzene rings is 2. The maximum absolute atomic E-state index is 8.87. The molecule has 0 atom stereocenters. The second kappa shape index (κ2) is 6.97. The fourth-order valence-corrected chi connectivity index (χ4v) is 2.07. The quantitative estimate of drug-likeness (QED) is 0.779. The molecule has 0 amide bonds. The van der Waals surface area contributed by atoms with Gasteiger partial charge in [-0.1, -0.05) is 48.5 Å². The molecule has 0 radical (unpaired) electrons. The van der Waals surface area contributed by atoms with Gasteiger partial charge in [-0.15, -0.1) is 0 Å². The van der Waals surface area contributed by atoms with Crippen molar-refractivity contribution in [2.75, 3.05) is 0 Å². The summed E-state index contributed by atoms with van der Waals surface area (Å²) in [6, 6.07) is 17.7.